The number of hydrogen-bond donors (Lipinski definition) is 0. The van der Waals surface area contributed by atoms with Gasteiger partial charge < -0.3 is 23.7 Å². The molecule has 180 valence electrons. The number of fused-ring (bicyclic) bond motifs is 3. The molecule has 2 aromatic carbocycles. The monoisotopic (exact) mass is 474 g/mol. The third-order valence-electron chi connectivity index (χ3n) is 6.13. The van der Waals surface area contributed by atoms with Crippen LogP contribution in [0, 0.1) is 6.92 Å². The number of aryl methyl sites for hydroxylation is 1. The van der Waals surface area contributed by atoms with E-state index >= 15 is 0 Å². The lowest BCUT2D eigenvalue weighted by atomic mass is 9.98. The number of rotatable bonds is 6. The number of nitrogens with zero attached hydrogens (tertiary/aromatic N) is 2. The fraction of sp³-hybridized carbons (Fsp3) is 0.259. The zero-order valence-corrected chi connectivity index (χ0v) is 20.1. The third kappa shape index (κ3) is 4.17. The van der Waals surface area contributed by atoms with Crippen molar-refractivity contribution >= 4 is 11.9 Å². The summed E-state index contributed by atoms with van der Waals surface area (Å²) in [6, 6.07) is 9.42. The number of ketones is 1. The molecule has 0 unspecified atom stereocenters. The maximum atomic E-state index is 13.4. The van der Waals surface area contributed by atoms with Crippen molar-refractivity contribution in [3.63, 3.8) is 0 Å². The Morgan fingerprint density at radius 1 is 1.06 bits per heavy atom. The second kappa shape index (κ2) is 9.31. The van der Waals surface area contributed by atoms with Crippen LogP contribution in [0.5, 0.6) is 28.7 Å². The molecule has 2 aliphatic heterocycles. The summed E-state index contributed by atoms with van der Waals surface area (Å²) >= 11 is 0. The molecule has 0 amide bonds. The molecular formula is C27H26N2O6. The summed E-state index contributed by atoms with van der Waals surface area (Å²) in [6.07, 6.45) is 5.24. The first-order valence-corrected chi connectivity index (χ1v) is 11.2. The van der Waals surface area contributed by atoms with E-state index in [0.717, 1.165) is 22.4 Å². The van der Waals surface area contributed by atoms with E-state index < -0.39 is 0 Å². The molecule has 0 bridgehead atoms. The van der Waals surface area contributed by atoms with Gasteiger partial charge in [0.15, 0.2) is 17.3 Å². The smallest absolute Gasteiger partial charge is 0.232 e. The van der Waals surface area contributed by atoms with Crippen molar-refractivity contribution in [2.75, 3.05) is 28.1 Å². The lowest BCUT2D eigenvalue weighted by Crippen LogP contribution is -2.31. The summed E-state index contributed by atoms with van der Waals surface area (Å²) < 4.78 is 28.5. The van der Waals surface area contributed by atoms with E-state index in [1.807, 2.05) is 25.1 Å². The molecule has 1 aromatic heterocycles. The summed E-state index contributed by atoms with van der Waals surface area (Å²) in [5.41, 5.74) is 4.08. The summed E-state index contributed by atoms with van der Waals surface area (Å²) in [4.78, 5) is 19.6. The minimum atomic E-state index is -0.166. The van der Waals surface area contributed by atoms with Crippen LogP contribution in [-0.4, -0.2) is 43.7 Å². The van der Waals surface area contributed by atoms with Crippen LogP contribution in [0.1, 0.15) is 32.6 Å². The summed E-state index contributed by atoms with van der Waals surface area (Å²) in [5.74, 6) is 2.84. The van der Waals surface area contributed by atoms with E-state index in [-0.39, 0.29) is 11.5 Å². The fourth-order valence-electron chi connectivity index (χ4n) is 4.46. The zero-order valence-electron chi connectivity index (χ0n) is 20.1. The van der Waals surface area contributed by atoms with Gasteiger partial charge in [0.1, 0.15) is 18.2 Å². The Morgan fingerprint density at radius 2 is 1.77 bits per heavy atom. The molecule has 0 N–H and O–H groups in total. The van der Waals surface area contributed by atoms with Crippen LogP contribution < -0.4 is 23.7 Å². The lowest BCUT2D eigenvalue weighted by molar-refractivity contribution is 0.0872. The fourth-order valence-corrected chi connectivity index (χ4v) is 4.46. The highest BCUT2D eigenvalue weighted by atomic mass is 16.5. The van der Waals surface area contributed by atoms with Gasteiger partial charge in [-0.05, 0) is 60.0 Å². The predicted octanol–water partition coefficient (Wildman–Crippen LogP) is 4.38. The van der Waals surface area contributed by atoms with Gasteiger partial charge in [0.25, 0.3) is 0 Å². The van der Waals surface area contributed by atoms with Crippen molar-refractivity contribution < 1.29 is 28.5 Å². The van der Waals surface area contributed by atoms with Crippen molar-refractivity contribution in [1.82, 2.24) is 9.88 Å². The molecule has 2 aliphatic rings. The number of hydrogen-bond acceptors (Lipinski definition) is 8. The number of carbonyl (C=O) groups excluding carboxylic acids is 1. The van der Waals surface area contributed by atoms with Crippen molar-refractivity contribution in [2.24, 2.45) is 0 Å². The number of carbonyl (C=O) groups is 1. The van der Waals surface area contributed by atoms with Crippen LogP contribution in [0.25, 0.3) is 6.08 Å². The summed E-state index contributed by atoms with van der Waals surface area (Å²) in [5, 5.41) is 0. The second-order valence-corrected chi connectivity index (χ2v) is 8.39. The first-order valence-electron chi connectivity index (χ1n) is 11.2. The van der Waals surface area contributed by atoms with Crippen LogP contribution in [0.15, 0.2) is 48.5 Å². The minimum Gasteiger partial charge on any atom is -0.493 e. The first-order chi connectivity index (χ1) is 17.0. The predicted molar refractivity (Wildman–Crippen MR) is 129 cm³/mol. The number of ether oxygens (including phenoxy) is 5. The minimum absolute atomic E-state index is 0.166. The van der Waals surface area contributed by atoms with Gasteiger partial charge in [0, 0.05) is 25.5 Å². The molecular weight excluding hydrogens is 448 g/mol. The number of Topliss-reactive ketones (excluding diaryl/α,β-unsaturated/α-hetero) is 1. The standard InChI is InChI=1S/C27H26N2O6/c1-16-9-20-19(14-29(15-34-20)13-17-5-7-28-8-6-17)26-24(16)25(30)21(35-26)10-18-11-22(31-2)27(33-4)23(12-18)32-3/h5-12H,13-15H2,1-4H3/b21-10-. The van der Waals surface area contributed by atoms with Gasteiger partial charge in [-0.15, -0.1) is 0 Å². The molecule has 0 aliphatic carbocycles. The Hall–Kier alpha value is -4.04. The van der Waals surface area contributed by atoms with Gasteiger partial charge >= 0.3 is 0 Å². The van der Waals surface area contributed by atoms with Crippen LogP contribution in [0.3, 0.4) is 0 Å². The molecule has 8 nitrogen and oxygen atoms in total. The number of methoxy groups -OCH3 is 3. The lowest BCUT2D eigenvalue weighted by Gasteiger charge is -2.30. The van der Waals surface area contributed by atoms with Gasteiger partial charge in [-0.25, -0.2) is 0 Å². The topological polar surface area (TPSA) is 79.4 Å². The Labute approximate surface area is 203 Å². The number of allylic oxidation sites excluding steroid dienone is 1. The first kappa shape index (κ1) is 22.7. The number of pyridine rings is 1. The molecule has 0 spiro atoms. The molecule has 5 rings (SSSR count). The third-order valence-corrected chi connectivity index (χ3v) is 6.13. The van der Waals surface area contributed by atoms with Gasteiger partial charge in [-0.1, -0.05) is 0 Å². The maximum Gasteiger partial charge on any atom is 0.232 e. The molecule has 0 radical (unpaired) electrons. The van der Waals surface area contributed by atoms with Crippen LogP contribution >= 0.6 is 0 Å². The highest BCUT2D eigenvalue weighted by molar-refractivity contribution is 6.16. The van der Waals surface area contributed by atoms with E-state index in [2.05, 4.69) is 9.88 Å². The normalized spacial score (nSPS) is 15.8. The van der Waals surface area contributed by atoms with Gasteiger partial charge in [-0.2, -0.15) is 0 Å². The van der Waals surface area contributed by atoms with Crippen molar-refractivity contribution in [2.45, 2.75) is 20.0 Å². The Bertz CT molecular complexity index is 1290. The van der Waals surface area contributed by atoms with Crippen LogP contribution in [-0.2, 0) is 13.1 Å². The molecule has 3 heterocycles. The summed E-state index contributed by atoms with van der Waals surface area (Å²) in [6.45, 7) is 3.66. The Morgan fingerprint density at radius 3 is 2.43 bits per heavy atom. The number of aromatic nitrogens is 1. The largest absolute Gasteiger partial charge is 0.493 e. The quantitative estimate of drug-likeness (QED) is 0.487. The van der Waals surface area contributed by atoms with Crippen LogP contribution in [0.2, 0.25) is 0 Å². The second-order valence-electron chi connectivity index (χ2n) is 8.39. The molecule has 3 aromatic rings. The highest BCUT2D eigenvalue weighted by Crippen LogP contribution is 2.45. The summed E-state index contributed by atoms with van der Waals surface area (Å²) in [7, 11) is 4.65. The molecule has 0 fully saturated rings. The Kier molecular flexibility index (Phi) is 6.05. The SMILES string of the molecule is COc1cc(/C=C2\Oc3c4c(cc(C)c3C2=O)OCN(Cc2ccncc2)C4)cc(OC)c1OC. The van der Waals surface area contributed by atoms with Gasteiger partial charge in [0.2, 0.25) is 11.5 Å². The average molecular weight is 475 g/mol. The van der Waals surface area contributed by atoms with Gasteiger partial charge in [-0.3, -0.25) is 14.7 Å². The molecule has 0 atom stereocenters. The van der Waals surface area contributed by atoms with Crippen molar-refractivity contribution in [3.8, 4) is 28.7 Å². The molecule has 35 heavy (non-hydrogen) atoms. The zero-order chi connectivity index (χ0) is 24.5. The van der Waals surface area contributed by atoms with E-state index in [4.69, 9.17) is 23.7 Å². The Balaban J connectivity index is 1.48. The maximum absolute atomic E-state index is 13.4. The van der Waals surface area contributed by atoms with Crippen molar-refractivity contribution in [1.29, 1.82) is 0 Å². The van der Waals surface area contributed by atoms with E-state index in [9.17, 15) is 4.79 Å². The van der Waals surface area contributed by atoms with Gasteiger partial charge in [0.05, 0.1) is 32.5 Å². The average Bonchev–Trinajstić information content (AvgIpc) is 3.21. The molecule has 0 saturated heterocycles. The van der Waals surface area contributed by atoms with E-state index in [1.54, 1.807) is 51.9 Å². The van der Waals surface area contributed by atoms with E-state index in [1.165, 1.54) is 0 Å². The van der Waals surface area contributed by atoms with Crippen LogP contribution in [0.4, 0.5) is 0 Å². The molecule has 0 saturated carbocycles. The number of benzene rings is 2. The van der Waals surface area contributed by atoms with Crippen molar-refractivity contribution in [3.05, 3.63) is 76.3 Å². The highest BCUT2D eigenvalue weighted by Gasteiger charge is 2.35. The van der Waals surface area contributed by atoms with E-state index in [0.29, 0.717) is 53.9 Å². The molecule has 8 heteroatoms.